The Balaban J connectivity index is 1.07. The summed E-state index contributed by atoms with van der Waals surface area (Å²) < 4.78 is 0. The highest BCUT2D eigenvalue weighted by atomic mass is 15.0. The summed E-state index contributed by atoms with van der Waals surface area (Å²) >= 11 is 0. The molecule has 3 nitrogen and oxygen atoms in total. The van der Waals surface area contributed by atoms with Gasteiger partial charge in [-0.1, -0.05) is 190 Å². The fourth-order valence-electron chi connectivity index (χ4n) is 10.7. The number of aromatic nitrogens is 3. The van der Waals surface area contributed by atoms with Crippen LogP contribution < -0.4 is 0 Å². The summed E-state index contributed by atoms with van der Waals surface area (Å²) in [5, 5.41) is 12.4. The Morgan fingerprint density at radius 1 is 0.262 bits per heavy atom. The molecule has 1 aliphatic carbocycles. The topological polar surface area (TPSA) is 38.7 Å². The first-order chi connectivity index (χ1) is 32.0. The Labute approximate surface area is 377 Å². The van der Waals surface area contributed by atoms with Crippen LogP contribution in [0.2, 0.25) is 0 Å². The van der Waals surface area contributed by atoms with E-state index in [4.69, 9.17) is 15.0 Å². The van der Waals surface area contributed by atoms with Gasteiger partial charge in [0.2, 0.25) is 0 Å². The molecule has 12 aromatic rings. The lowest BCUT2D eigenvalue weighted by atomic mass is 9.82. The highest BCUT2D eigenvalue weighted by Crippen LogP contribution is 2.50. The molecule has 13 rings (SSSR count). The van der Waals surface area contributed by atoms with E-state index in [-0.39, 0.29) is 5.41 Å². The summed E-state index contributed by atoms with van der Waals surface area (Å²) in [6.45, 7) is 4.63. The number of fused-ring (bicyclic) bond motifs is 12. The Morgan fingerprint density at radius 2 is 0.754 bits per heavy atom. The lowest BCUT2D eigenvalue weighted by Crippen LogP contribution is -2.15. The lowest BCUT2D eigenvalue weighted by Gasteiger charge is -2.21. The van der Waals surface area contributed by atoms with Crippen molar-refractivity contribution in [3.05, 3.63) is 223 Å². The van der Waals surface area contributed by atoms with Gasteiger partial charge >= 0.3 is 0 Å². The fourth-order valence-corrected chi connectivity index (χ4v) is 10.7. The van der Waals surface area contributed by atoms with Gasteiger partial charge in [0.1, 0.15) is 0 Å². The zero-order chi connectivity index (χ0) is 43.2. The number of hydrogen-bond acceptors (Lipinski definition) is 3. The lowest BCUT2D eigenvalue weighted by molar-refractivity contribution is 0.660. The van der Waals surface area contributed by atoms with Crippen molar-refractivity contribution in [1.29, 1.82) is 0 Å². The van der Waals surface area contributed by atoms with Gasteiger partial charge in [-0.15, -0.1) is 0 Å². The van der Waals surface area contributed by atoms with Crippen LogP contribution in [0.15, 0.2) is 212 Å². The van der Waals surface area contributed by atoms with E-state index in [1.54, 1.807) is 0 Å². The molecule has 0 fully saturated rings. The second kappa shape index (κ2) is 14.4. The van der Waals surface area contributed by atoms with Crippen LogP contribution in [0.5, 0.6) is 0 Å². The number of benzene rings is 11. The average molecular weight is 828 g/mol. The van der Waals surface area contributed by atoms with Gasteiger partial charge < -0.3 is 0 Å². The molecule has 0 unspecified atom stereocenters. The molecular formula is C62H41N3. The smallest absolute Gasteiger partial charge is 0.164 e. The van der Waals surface area contributed by atoms with Crippen molar-refractivity contribution >= 4 is 53.9 Å². The molecule has 0 aliphatic heterocycles. The minimum absolute atomic E-state index is 0.163. The van der Waals surface area contributed by atoms with E-state index in [0.29, 0.717) is 17.5 Å². The van der Waals surface area contributed by atoms with Crippen molar-refractivity contribution in [2.75, 3.05) is 0 Å². The minimum Gasteiger partial charge on any atom is -0.208 e. The van der Waals surface area contributed by atoms with E-state index in [9.17, 15) is 0 Å². The first kappa shape index (κ1) is 37.3. The minimum atomic E-state index is -0.163. The van der Waals surface area contributed by atoms with Crippen LogP contribution in [0.25, 0.3) is 121 Å². The maximum absolute atomic E-state index is 5.41. The van der Waals surface area contributed by atoms with Gasteiger partial charge in [-0.2, -0.15) is 0 Å². The molecule has 1 heterocycles. The third kappa shape index (κ3) is 5.93. The molecule has 0 atom stereocenters. The van der Waals surface area contributed by atoms with Gasteiger partial charge in [-0.3, -0.25) is 0 Å². The average Bonchev–Trinajstić information content (AvgIpc) is 3.61. The summed E-state index contributed by atoms with van der Waals surface area (Å²) in [7, 11) is 0. The van der Waals surface area contributed by atoms with Crippen molar-refractivity contribution in [2.24, 2.45) is 0 Å². The van der Waals surface area contributed by atoms with Crippen LogP contribution in [0.1, 0.15) is 25.0 Å². The molecule has 0 amide bonds. The normalized spacial score (nSPS) is 12.9. The fraction of sp³-hybridized carbons (Fsp3) is 0.0484. The second-order valence-corrected chi connectivity index (χ2v) is 17.9. The molecule has 3 heteroatoms. The van der Waals surface area contributed by atoms with Gasteiger partial charge in [-0.05, 0) is 135 Å². The molecule has 0 saturated carbocycles. The van der Waals surface area contributed by atoms with Crippen molar-refractivity contribution < 1.29 is 0 Å². The second-order valence-electron chi connectivity index (χ2n) is 17.9. The van der Waals surface area contributed by atoms with E-state index >= 15 is 0 Å². The maximum Gasteiger partial charge on any atom is 0.164 e. The van der Waals surface area contributed by atoms with Crippen LogP contribution in [0.4, 0.5) is 0 Å². The molecule has 65 heavy (non-hydrogen) atoms. The molecule has 0 saturated heterocycles. The van der Waals surface area contributed by atoms with Crippen LogP contribution in [0, 0.1) is 0 Å². The van der Waals surface area contributed by atoms with Gasteiger partial charge in [0.25, 0.3) is 0 Å². The molecule has 0 N–H and O–H groups in total. The summed E-state index contributed by atoms with van der Waals surface area (Å²) in [5.41, 5.74) is 12.3. The molecule has 1 aromatic heterocycles. The molecule has 0 spiro atoms. The quantitative estimate of drug-likeness (QED) is 0.162. The number of rotatable bonds is 5. The third-order valence-corrected chi connectivity index (χ3v) is 13.9. The zero-order valence-electron chi connectivity index (χ0n) is 36.0. The third-order valence-electron chi connectivity index (χ3n) is 13.9. The largest absolute Gasteiger partial charge is 0.208 e. The summed E-state index contributed by atoms with van der Waals surface area (Å²) in [5.74, 6) is 1.92. The standard InChI is InChI=1S/C62H41N3/c1-62(2)57-27-15-14-26-53(57)54-31-29-41(37-58(54)62)60-63-59(38-16-4-3-5-17-38)64-61(65-60)44-33-42(32-43(34-44)55-36-40-18-6-7-19-45(40)46-20-8-12-24-50(46)55)39-28-30-52-49-23-10-9-21-47(49)48-22-11-13-25-51(48)56(52)35-39/h3-37H,1-2H3. The molecule has 304 valence electrons. The van der Waals surface area contributed by atoms with Gasteiger partial charge in [0.05, 0.1) is 0 Å². The first-order valence-corrected chi connectivity index (χ1v) is 22.4. The summed E-state index contributed by atoms with van der Waals surface area (Å²) in [6.07, 6.45) is 0. The van der Waals surface area contributed by atoms with Crippen molar-refractivity contribution in [1.82, 2.24) is 15.0 Å². The van der Waals surface area contributed by atoms with Crippen LogP contribution >= 0.6 is 0 Å². The van der Waals surface area contributed by atoms with Crippen LogP contribution in [0.3, 0.4) is 0 Å². The maximum atomic E-state index is 5.41. The highest BCUT2D eigenvalue weighted by Gasteiger charge is 2.35. The van der Waals surface area contributed by atoms with Crippen molar-refractivity contribution in [2.45, 2.75) is 19.3 Å². The Bertz CT molecular complexity index is 3890. The van der Waals surface area contributed by atoms with E-state index in [2.05, 4.69) is 208 Å². The van der Waals surface area contributed by atoms with E-state index in [1.165, 1.54) is 76.1 Å². The summed E-state index contributed by atoms with van der Waals surface area (Å²) in [6, 6.07) is 77.0. The summed E-state index contributed by atoms with van der Waals surface area (Å²) in [4.78, 5) is 15.9. The Hall–Kier alpha value is -8.27. The zero-order valence-corrected chi connectivity index (χ0v) is 36.0. The Kier molecular flexibility index (Phi) is 8.25. The SMILES string of the molecule is CC1(C)c2ccccc2-c2ccc(-c3nc(-c4ccccc4)nc(-c4cc(-c5ccc6c7ccccc7c7ccccc7c6c5)cc(-c5cc6ccccc6c6ccccc56)c4)n3)cc21. The highest BCUT2D eigenvalue weighted by molar-refractivity contribution is 6.26. The van der Waals surface area contributed by atoms with Crippen LogP contribution in [-0.4, -0.2) is 15.0 Å². The van der Waals surface area contributed by atoms with E-state index in [0.717, 1.165) is 38.9 Å². The van der Waals surface area contributed by atoms with Gasteiger partial charge in [0.15, 0.2) is 17.5 Å². The molecule has 11 aromatic carbocycles. The van der Waals surface area contributed by atoms with Gasteiger partial charge in [0, 0.05) is 22.1 Å². The first-order valence-electron chi connectivity index (χ1n) is 22.4. The molecular weight excluding hydrogens is 787 g/mol. The molecule has 1 aliphatic rings. The van der Waals surface area contributed by atoms with Gasteiger partial charge in [-0.25, -0.2) is 15.0 Å². The predicted molar refractivity (Wildman–Crippen MR) is 272 cm³/mol. The molecule has 0 bridgehead atoms. The van der Waals surface area contributed by atoms with Crippen molar-refractivity contribution in [3.63, 3.8) is 0 Å². The van der Waals surface area contributed by atoms with E-state index < -0.39 is 0 Å². The number of hydrogen-bond donors (Lipinski definition) is 0. The van der Waals surface area contributed by atoms with Crippen molar-refractivity contribution in [3.8, 4) is 67.5 Å². The molecule has 0 radical (unpaired) electrons. The predicted octanol–water partition coefficient (Wildman–Crippen LogP) is 16.3. The monoisotopic (exact) mass is 827 g/mol. The number of nitrogens with zero attached hydrogens (tertiary/aromatic N) is 3. The van der Waals surface area contributed by atoms with Crippen LogP contribution in [-0.2, 0) is 5.41 Å². The Morgan fingerprint density at radius 3 is 1.48 bits per heavy atom. The van der Waals surface area contributed by atoms with E-state index in [1.807, 2.05) is 18.2 Å².